The van der Waals surface area contributed by atoms with E-state index in [2.05, 4.69) is 5.32 Å². The van der Waals surface area contributed by atoms with E-state index in [1.165, 1.54) is 18.4 Å². The highest BCUT2D eigenvalue weighted by atomic mass is 16.5. The first-order valence-corrected chi connectivity index (χ1v) is 8.35. The number of nitrogens with zero attached hydrogens (tertiary/aromatic N) is 2. The van der Waals surface area contributed by atoms with Crippen LogP contribution < -0.4 is 5.32 Å². The number of para-hydroxylation sites is 1. The number of ether oxygens (including phenoxy) is 1. The van der Waals surface area contributed by atoms with E-state index < -0.39 is 0 Å². The Bertz CT molecular complexity index is 705. The van der Waals surface area contributed by atoms with Crippen LogP contribution in [0.25, 0.3) is 5.69 Å². The fourth-order valence-corrected chi connectivity index (χ4v) is 3.05. The van der Waals surface area contributed by atoms with Gasteiger partial charge in [0.15, 0.2) is 0 Å². The number of amides is 1. The Kier molecular flexibility index (Phi) is 3.87. The minimum absolute atomic E-state index is 0.0996. The highest BCUT2D eigenvalue weighted by Gasteiger charge is 2.25. The van der Waals surface area contributed by atoms with Gasteiger partial charge in [0.05, 0.1) is 18.0 Å². The van der Waals surface area contributed by atoms with Crippen molar-refractivity contribution in [1.29, 1.82) is 0 Å². The van der Waals surface area contributed by atoms with Crippen LogP contribution >= 0.6 is 0 Å². The second-order valence-corrected chi connectivity index (χ2v) is 6.38. The molecule has 5 heteroatoms. The number of benzene rings is 1. The molecule has 2 aromatic rings. The van der Waals surface area contributed by atoms with Gasteiger partial charge in [0.25, 0.3) is 5.91 Å². The number of hydrogen-bond donors (Lipinski definition) is 1. The Morgan fingerprint density at radius 2 is 2.09 bits per heavy atom. The van der Waals surface area contributed by atoms with E-state index in [1.807, 2.05) is 35.0 Å². The molecule has 0 saturated heterocycles. The number of hydrogen-bond acceptors (Lipinski definition) is 3. The third-order valence-corrected chi connectivity index (χ3v) is 4.45. The molecule has 2 aliphatic carbocycles. The highest BCUT2D eigenvalue weighted by molar-refractivity contribution is 5.92. The largest absolute Gasteiger partial charge is 0.371 e. The first-order chi connectivity index (χ1) is 11.3. The molecule has 1 aromatic carbocycles. The van der Waals surface area contributed by atoms with Crippen LogP contribution in [0, 0.1) is 5.92 Å². The molecule has 0 spiro atoms. The van der Waals surface area contributed by atoms with Gasteiger partial charge in [-0.25, -0.2) is 4.68 Å². The molecule has 1 amide bonds. The average molecular weight is 311 g/mol. The van der Waals surface area contributed by atoms with E-state index in [9.17, 15) is 4.79 Å². The maximum absolute atomic E-state index is 12.2. The first kappa shape index (κ1) is 14.5. The average Bonchev–Trinajstić information content (AvgIpc) is 3.17. The summed E-state index contributed by atoms with van der Waals surface area (Å²) >= 11 is 0. The first-order valence-electron chi connectivity index (χ1n) is 8.35. The van der Waals surface area contributed by atoms with Crippen LogP contribution in [0.2, 0.25) is 0 Å². The molecule has 120 valence electrons. The maximum atomic E-state index is 12.2. The molecule has 5 nitrogen and oxygen atoms in total. The Balaban J connectivity index is 1.53. The molecule has 1 saturated carbocycles. The molecule has 0 bridgehead atoms. The summed E-state index contributed by atoms with van der Waals surface area (Å²) < 4.78 is 7.34. The predicted octanol–water partition coefficient (Wildman–Crippen LogP) is 2.73. The summed E-state index contributed by atoms with van der Waals surface area (Å²) in [6.07, 6.45) is 5.52. The molecular formula is C18H21N3O2. The Labute approximate surface area is 135 Å². The van der Waals surface area contributed by atoms with Crippen molar-refractivity contribution >= 4 is 11.7 Å². The van der Waals surface area contributed by atoms with Crippen molar-refractivity contribution in [1.82, 2.24) is 9.78 Å². The Morgan fingerprint density at radius 1 is 1.26 bits per heavy atom. The molecule has 23 heavy (non-hydrogen) atoms. The number of carbonyl (C=O) groups is 1. The van der Waals surface area contributed by atoms with Crippen molar-refractivity contribution in [2.75, 3.05) is 18.5 Å². The molecule has 0 unspecified atom stereocenters. The quantitative estimate of drug-likeness (QED) is 0.892. The van der Waals surface area contributed by atoms with Crippen molar-refractivity contribution in [3.63, 3.8) is 0 Å². The minimum Gasteiger partial charge on any atom is -0.371 e. The standard InChI is InChI=1S/C18H21N3O2/c22-17(12-23-11-13-9-10-13)19-18-15-7-4-8-16(15)20-21(18)14-5-2-1-3-6-14/h1-3,5-6,13H,4,7-12H2,(H,19,22). The smallest absolute Gasteiger partial charge is 0.251 e. The summed E-state index contributed by atoms with van der Waals surface area (Å²) in [6, 6.07) is 9.94. The van der Waals surface area contributed by atoms with E-state index in [0.29, 0.717) is 12.5 Å². The lowest BCUT2D eigenvalue weighted by molar-refractivity contribution is -0.120. The van der Waals surface area contributed by atoms with Gasteiger partial charge in [-0.3, -0.25) is 4.79 Å². The number of carbonyl (C=O) groups excluding carboxylic acids is 1. The molecule has 0 radical (unpaired) electrons. The van der Waals surface area contributed by atoms with E-state index in [-0.39, 0.29) is 12.5 Å². The van der Waals surface area contributed by atoms with Gasteiger partial charge in [-0.15, -0.1) is 0 Å². The van der Waals surface area contributed by atoms with Crippen LogP contribution in [0.4, 0.5) is 5.82 Å². The zero-order chi connectivity index (χ0) is 15.6. The molecule has 0 aliphatic heterocycles. The number of fused-ring (bicyclic) bond motifs is 1. The second kappa shape index (κ2) is 6.16. The number of anilines is 1. The highest BCUT2D eigenvalue weighted by Crippen LogP contribution is 2.31. The molecule has 4 rings (SSSR count). The van der Waals surface area contributed by atoms with Gasteiger partial charge < -0.3 is 10.1 Å². The number of rotatable bonds is 6. The number of aromatic nitrogens is 2. The van der Waals surface area contributed by atoms with Crippen molar-refractivity contribution in [3.8, 4) is 5.69 Å². The lowest BCUT2D eigenvalue weighted by Gasteiger charge is -2.11. The van der Waals surface area contributed by atoms with Gasteiger partial charge in [0, 0.05) is 5.56 Å². The number of nitrogens with one attached hydrogen (secondary N) is 1. The van der Waals surface area contributed by atoms with Crippen molar-refractivity contribution in [3.05, 3.63) is 41.6 Å². The topological polar surface area (TPSA) is 56.1 Å². The monoisotopic (exact) mass is 311 g/mol. The number of aryl methyl sites for hydroxylation is 1. The lowest BCUT2D eigenvalue weighted by Crippen LogP contribution is -2.21. The van der Waals surface area contributed by atoms with Crippen molar-refractivity contribution in [2.24, 2.45) is 5.92 Å². The lowest BCUT2D eigenvalue weighted by atomic mass is 10.2. The minimum atomic E-state index is -0.0996. The van der Waals surface area contributed by atoms with Crippen LogP contribution in [0.3, 0.4) is 0 Å². The van der Waals surface area contributed by atoms with E-state index in [0.717, 1.165) is 36.5 Å². The third kappa shape index (κ3) is 3.15. The SMILES string of the molecule is O=C(COCC1CC1)Nc1c2c(nn1-c1ccccc1)CCC2. The second-order valence-electron chi connectivity index (χ2n) is 6.38. The maximum Gasteiger partial charge on any atom is 0.251 e. The normalized spacial score (nSPS) is 16.3. The van der Waals surface area contributed by atoms with Gasteiger partial charge in [-0.1, -0.05) is 18.2 Å². The molecule has 0 atom stereocenters. The molecular weight excluding hydrogens is 290 g/mol. The van der Waals surface area contributed by atoms with Crippen LogP contribution in [0.15, 0.2) is 30.3 Å². The van der Waals surface area contributed by atoms with Crippen molar-refractivity contribution in [2.45, 2.75) is 32.1 Å². The predicted molar refractivity (Wildman–Crippen MR) is 87.8 cm³/mol. The van der Waals surface area contributed by atoms with Gasteiger partial charge in [0.2, 0.25) is 0 Å². The van der Waals surface area contributed by atoms with Crippen LogP contribution in [0.1, 0.15) is 30.5 Å². The van der Waals surface area contributed by atoms with Crippen molar-refractivity contribution < 1.29 is 9.53 Å². The third-order valence-electron chi connectivity index (χ3n) is 4.45. The summed E-state index contributed by atoms with van der Waals surface area (Å²) in [6.45, 7) is 0.814. The fourth-order valence-electron chi connectivity index (χ4n) is 3.05. The zero-order valence-electron chi connectivity index (χ0n) is 13.1. The zero-order valence-corrected chi connectivity index (χ0v) is 13.1. The van der Waals surface area contributed by atoms with Crippen LogP contribution in [-0.2, 0) is 22.4 Å². The Hall–Kier alpha value is -2.14. The van der Waals surface area contributed by atoms with Gasteiger partial charge in [-0.05, 0) is 50.2 Å². The summed E-state index contributed by atoms with van der Waals surface area (Å²) in [5, 5.41) is 7.71. The van der Waals surface area contributed by atoms with E-state index in [4.69, 9.17) is 9.84 Å². The summed E-state index contributed by atoms with van der Waals surface area (Å²) in [4.78, 5) is 12.2. The van der Waals surface area contributed by atoms with Gasteiger partial charge in [0.1, 0.15) is 12.4 Å². The molecule has 2 aliphatic rings. The molecule has 1 fully saturated rings. The van der Waals surface area contributed by atoms with Gasteiger partial charge >= 0.3 is 0 Å². The molecule has 1 N–H and O–H groups in total. The fraction of sp³-hybridized carbons (Fsp3) is 0.444. The van der Waals surface area contributed by atoms with E-state index in [1.54, 1.807) is 0 Å². The molecule has 1 aromatic heterocycles. The Morgan fingerprint density at radius 3 is 2.87 bits per heavy atom. The van der Waals surface area contributed by atoms with Crippen LogP contribution in [-0.4, -0.2) is 28.9 Å². The van der Waals surface area contributed by atoms with Gasteiger partial charge in [-0.2, -0.15) is 5.10 Å². The summed E-state index contributed by atoms with van der Waals surface area (Å²) in [5.74, 6) is 1.38. The summed E-state index contributed by atoms with van der Waals surface area (Å²) in [7, 11) is 0. The molecule has 1 heterocycles. The summed E-state index contributed by atoms with van der Waals surface area (Å²) in [5.41, 5.74) is 3.24. The van der Waals surface area contributed by atoms with Crippen LogP contribution in [0.5, 0.6) is 0 Å². The van der Waals surface area contributed by atoms with E-state index >= 15 is 0 Å².